The van der Waals surface area contributed by atoms with Crippen LogP contribution in [0.2, 0.25) is 0 Å². The number of benzene rings is 1. The van der Waals surface area contributed by atoms with Gasteiger partial charge in [-0.15, -0.1) is 0 Å². The molecule has 1 fully saturated rings. The number of H-pyrrole nitrogens is 1. The van der Waals surface area contributed by atoms with E-state index in [4.69, 9.17) is 0 Å². The first-order valence-corrected chi connectivity index (χ1v) is 7.50. The van der Waals surface area contributed by atoms with E-state index in [2.05, 4.69) is 40.4 Å². The molecule has 0 unspecified atom stereocenters. The molecule has 19 heavy (non-hydrogen) atoms. The Bertz CT molecular complexity index is 536. The molecule has 2 N–H and O–H groups in total. The lowest BCUT2D eigenvalue weighted by Crippen LogP contribution is -2.28. The fraction of sp³-hybridized carbons (Fsp3) is 0.562. The molecule has 0 radical (unpaired) electrons. The van der Waals surface area contributed by atoms with E-state index in [1.807, 2.05) is 0 Å². The number of nitrogens with zero attached hydrogens (tertiary/aromatic N) is 1. The number of aryl methyl sites for hydroxylation is 1. The second kappa shape index (κ2) is 5.74. The average Bonchev–Trinajstić information content (AvgIpc) is 2.63. The largest absolute Gasteiger partial charge is 0.341 e. The third-order valence-corrected chi connectivity index (χ3v) is 4.10. The van der Waals surface area contributed by atoms with E-state index in [0.717, 1.165) is 23.4 Å². The van der Waals surface area contributed by atoms with E-state index < -0.39 is 0 Å². The molecule has 0 spiro atoms. The summed E-state index contributed by atoms with van der Waals surface area (Å²) in [6, 6.07) is 7.05. The summed E-state index contributed by atoms with van der Waals surface area (Å²) in [4.78, 5) is 8.06. The first kappa shape index (κ1) is 12.7. The summed E-state index contributed by atoms with van der Waals surface area (Å²) in [5.74, 6) is 1.06. The van der Waals surface area contributed by atoms with Crippen LogP contribution in [0.5, 0.6) is 0 Å². The highest BCUT2D eigenvalue weighted by molar-refractivity contribution is 5.75. The Labute approximate surface area is 114 Å². The fourth-order valence-corrected chi connectivity index (χ4v) is 2.98. The smallest absolute Gasteiger partial charge is 0.121 e. The summed E-state index contributed by atoms with van der Waals surface area (Å²) in [5.41, 5.74) is 3.50. The molecule has 3 heteroatoms. The molecule has 1 saturated carbocycles. The summed E-state index contributed by atoms with van der Waals surface area (Å²) in [6.07, 6.45) is 8.19. The van der Waals surface area contributed by atoms with Gasteiger partial charge in [0.1, 0.15) is 5.82 Å². The number of fused-ring (bicyclic) bond motifs is 1. The van der Waals surface area contributed by atoms with Gasteiger partial charge < -0.3 is 10.3 Å². The van der Waals surface area contributed by atoms with Gasteiger partial charge in [-0.25, -0.2) is 4.98 Å². The molecule has 1 heterocycles. The number of aromatic nitrogens is 2. The van der Waals surface area contributed by atoms with Crippen molar-refractivity contribution in [3.8, 4) is 0 Å². The van der Waals surface area contributed by atoms with Gasteiger partial charge in [-0.05, 0) is 37.5 Å². The number of hydrogen-bond acceptors (Lipinski definition) is 2. The molecule has 0 amide bonds. The number of hydrogen-bond donors (Lipinski definition) is 2. The highest BCUT2D eigenvalue weighted by atomic mass is 15.0. The topological polar surface area (TPSA) is 40.7 Å². The van der Waals surface area contributed by atoms with Gasteiger partial charge in [-0.2, -0.15) is 0 Å². The van der Waals surface area contributed by atoms with E-state index in [9.17, 15) is 0 Å². The van der Waals surface area contributed by atoms with Crippen LogP contribution in [0.1, 0.15) is 49.9 Å². The summed E-state index contributed by atoms with van der Waals surface area (Å²) in [5, 5.41) is 3.66. The number of nitrogens with one attached hydrogen (secondary N) is 2. The van der Waals surface area contributed by atoms with Crippen LogP contribution < -0.4 is 5.32 Å². The highest BCUT2D eigenvalue weighted by Crippen LogP contribution is 2.18. The van der Waals surface area contributed by atoms with Gasteiger partial charge in [0, 0.05) is 6.04 Å². The highest BCUT2D eigenvalue weighted by Gasteiger charge is 2.12. The molecule has 0 saturated heterocycles. The predicted octanol–water partition coefficient (Wildman–Crippen LogP) is 3.68. The van der Waals surface area contributed by atoms with Crippen molar-refractivity contribution in [2.75, 3.05) is 0 Å². The Morgan fingerprint density at radius 2 is 2.00 bits per heavy atom. The molecule has 102 valence electrons. The van der Waals surface area contributed by atoms with Crippen LogP contribution in [0.25, 0.3) is 11.0 Å². The van der Waals surface area contributed by atoms with Crippen LogP contribution in [0.15, 0.2) is 18.2 Å². The maximum absolute atomic E-state index is 4.64. The first-order valence-electron chi connectivity index (χ1n) is 7.50. The molecule has 1 aromatic heterocycles. The zero-order chi connectivity index (χ0) is 13.1. The molecule has 0 atom stereocenters. The van der Waals surface area contributed by atoms with Crippen molar-refractivity contribution >= 4 is 11.0 Å². The maximum atomic E-state index is 4.64. The number of rotatable bonds is 3. The van der Waals surface area contributed by atoms with Crippen molar-refractivity contribution in [1.82, 2.24) is 15.3 Å². The van der Waals surface area contributed by atoms with Crippen LogP contribution in [0, 0.1) is 6.92 Å². The molecule has 1 aliphatic carbocycles. The second-order valence-electron chi connectivity index (χ2n) is 5.77. The zero-order valence-corrected chi connectivity index (χ0v) is 11.7. The monoisotopic (exact) mass is 257 g/mol. The van der Waals surface area contributed by atoms with Crippen LogP contribution >= 0.6 is 0 Å². The lowest BCUT2D eigenvalue weighted by Gasteiger charge is -2.14. The first-order chi connectivity index (χ1) is 9.31. The van der Waals surface area contributed by atoms with Crippen LogP contribution in [0.3, 0.4) is 0 Å². The number of imidazole rings is 1. The van der Waals surface area contributed by atoms with E-state index in [0.29, 0.717) is 6.04 Å². The quantitative estimate of drug-likeness (QED) is 0.823. The lowest BCUT2D eigenvalue weighted by atomic mass is 10.1. The van der Waals surface area contributed by atoms with Gasteiger partial charge in [0.05, 0.1) is 17.6 Å². The third-order valence-electron chi connectivity index (χ3n) is 4.10. The van der Waals surface area contributed by atoms with Gasteiger partial charge in [-0.3, -0.25) is 0 Å². The molecular weight excluding hydrogens is 234 g/mol. The Morgan fingerprint density at radius 3 is 2.79 bits per heavy atom. The Kier molecular flexibility index (Phi) is 3.83. The number of aromatic amines is 1. The van der Waals surface area contributed by atoms with Crippen molar-refractivity contribution in [2.45, 2.75) is 58.0 Å². The Morgan fingerprint density at radius 1 is 1.21 bits per heavy atom. The van der Waals surface area contributed by atoms with Crippen molar-refractivity contribution < 1.29 is 0 Å². The van der Waals surface area contributed by atoms with Gasteiger partial charge >= 0.3 is 0 Å². The minimum Gasteiger partial charge on any atom is -0.341 e. The van der Waals surface area contributed by atoms with Gasteiger partial charge in [0.15, 0.2) is 0 Å². The predicted molar refractivity (Wildman–Crippen MR) is 79.2 cm³/mol. The SMILES string of the molecule is Cc1ccc2nc(CNC3CCCCCC3)[nH]c2c1. The molecule has 1 aliphatic rings. The Balaban J connectivity index is 1.64. The summed E-state index contributed by atoms with van der Waals surface area (Å²) in [6.45, 7) is 2.97. The van der Waals surface area contributed by atoms with Crippen molar-refractivity contribution in [3.63, 3.8) is 0 Å². The summed E-state index contributed by atoms with van der Waals surface area (Å²) < 4.78 is 0. The summed E-state index contributed by atoms with van der Waals surface area (Å²) in [7, 11) is 0. The van der Waals surface area contributed by atoms with E-state index in [1.165, 1.54) is 44.1 Å². The molecule has 1 aromatic carbocycles. The molecular formula is C16H23N3. The third kappa shape index (κ3) is 3.16. The van der Waals surface area contributed by atoms with Gasteiger partial charge in [0.2, 0.25) is 0 Å². The van der Waals surface area contributed by atoms with Crippen LogP contribution in [-0.2, 0) is 6.54 Å². The molecule has 0 aliphatic heterocycles. The molecule has 3 nitrogen and oxygen atoms in total. The molecule has 0 bridgehead atoms. The summed E-state index contributed by atoms with van der Waals surface area (Å²) >= 11 is 0. The lowest BCUT2D eigenvalue weighted by molar-refractivity contribution is 0.454. The standard InChI is InChI=1S/C16H23N3/c1-12-8-9-14-15(10-12)19-16(18-14)11-17-13-6-4-2-3-5-7-13/h8-10,13,17H,2-7,11H2,1H3,(H,18,19). The van der Waals surface area contributed by atoms with Crippen molar-refractivity contribution in [1.29, 1.82) is 0 Å². The van der Waals surface area contributed by atoms with Gasteiger partial charge in [0.25, 0.3) is 0 Å². The normalized spacial score (nSPS) is 17.7. The van der Waals surface area contributed by atoms with Crippen LogP contribution in [-0.4, -0.2) is 16.0 Å². The van der Waals surface area contributed by atoms with Crippen molar-refractivity contribution in [3.05, 3.63) is 29.6 Å². The van der Waals surface area contributed by atoms with E-state index >= 15 is 0 Å². The maximum Gasteiger partial charge on any atom is 0.121 e. The Hall–Kier alpha value is -1.35. The molecule has 2 aromatic rings. The average molecular weight is 257 g/mol. The van der Waals surface area contributed by atoms with E-state index in [1.54, 1.807) is 0 Å². The molecule has 3 rings (SSSR count). The van der Waals surface area contributed by atoms with Crippen molar-refractivity contribution in [2.24, 2.45) is 0 Å². The van der Waals surface area contributed by atoms with Crippen LogP contribution in [0.4, 0.5) is 0 Å². The zero-order valence-electron chi connectivity index (χ0n) is 11.7. The minimum absolute atomic E-state index is 0.678. The van der Waals surface area contributed by atoms with Gasteiger partial charge in [-0.1, -0.05) is 31.7 Å². The fourth-order valence-electron chi connectivity index (χ4n) is 2.98. The second-order valence-corrected chi connectivity index (χ2v) is 5.77. The minimum atomic E-state index is 0.678. The van der Waals surface area contributed by atoms with E-state index in [-0.39, 0.29) is 0 Å².